The number of rotatable bonds is 2. The smallest absolute Gasteiger partial charge is 0.125 e. The largest absolute Gasteiger partial charge is 0.325 e. The number of hydrogen-bond donors (Lipinski definition) is 1. The Balaban J connectivity index is 2.23. The van der Waals surface area contributed by atoms with Gasteiger partial charge in [0.25, 0.3) is 0 Å². The van der Waals surface area contributed by atoms with E-state index < -0.39 is 0 Å². The van der Waals surface area contributed by atoms with Crippen LogP contribution in [-0.4, -0.2) is 4.98 Å². The first kappa shape index (κ1) is 11.3. The molecule has 86 valence electrons. The fourth-order valence-corrected chi connectivity index (χ4v) is 4.43. The fourth-order valence-electron chi connectivity index (χ4n) is 1.75. The first-order chi connectivity index (χ1) is 8.29. The fraction of sp³-hybridized carbons (Fsp3) is 0.0833. The van der Waals surface area contributed by atoms with Gasteiger partial charge in [-0.3, -0.25) is 0 Å². The average molecular weight is 325 g/mol. The lowest BCUT2D eigenvalue weighted by Crippen LogP contribution is -1.93. The molecule has 0 spiro atoms. The van der Waals surface area contributed by atoms with Crippen LogP contribution in [0.25, 0.3) is 20.5 Å². The molecule has 0 amide bonds. The maximum absolute atomic E-state index is 5.63. The summed E-state index contributed by atoms with van der Waals surface area (Å²) in [7, 11) is 0. The van der Waals surface area contributed by atoms with Crippen molar-refractivity contribution in [3.05, 3.63) is 39.3 Å². The highest BCUT2D eigenvalue weighted by Gasteiger charge is 2.13. The molecule has 0 aliphatic rings. The molecule has 0 fully saturated rings. The van der Waals surface area contributed by atoms with E-state index in [1.54, 1.807) is 22.7 Å². The molecule has 17 heavy (non-hydrogen) atoms. The number of nitrogens with two attached hydrogens (primary N) is 1. The van der Waals surface area contributed by atoms with Crippen LogP contribution in [0.4, 0.5) is 0 Å². The molecule has 0 unspecified atom stereocenters. The lowest BCUT2D eigenvalue weighted by Gasteiger charge is -1.95. The van der Waals surface area contributed by atoms with Crippen molar-refractivity contribution in [3.8, 4) is 10.4 Å². The Morgan fingerprint density at radius 2 is 2.12 bits per heavy atom. The number of aromatic nitrogens is 1. The van der Waals surface area contributed by atoms with E-state index in [9.17, 15) is 0 Å². The molecule has 0 saturated carbocycles. The summed E-state index contributed by atoms with van der Waals surface area (Å²) in [6, 6.07) is 8.42. The third-order valence-electron chi connectivity index (χ3n) is 2.53. The van der Waals surface area contributed by atoms with Crippen LogP contribution in [0.5, 0.6) is 0 Å². The third kappa shape index (κ3) is 1.93. The maximum Gasteiger partial charge on any atom is 0.125 e. The van der Waals surface area contributed by atoms with Crippen LogP contribution >= 0.6 is 38.6 Å². The summed E-state index contributed by atoms with van der Waals surface area (Å²) in [4.78, 5) is 5.58. The number of benzene rings is 1. The molecule has 3 aromatic rings. The van der Waals surface area contributed by atoms with Crippen LogP contribution in [0, 0.1) is 0 Å². The van der Waals surface area contributed by atoms with Gasteiger partial charge in [0.05, 0.1) is 4.88 Å². The van der Waals surface area contributed by atoms with Crippen molar-refractivity contribution < 1.29 is 0 Å². The van der Waals surface area contributed by atoms with Crippen LogP contribution < -0.4 is 5.73 Å². The van der Waals surface area contributed by atoms with Crippen molar-refractivity contribution in [1.29, 1.82) is 0 Å². The molecule has 2 N–H and O–H groups in total. The average Bonchev–Trinajstić information content (AvgIpc) is 2.92. The highest BCUT2D eigenvalue weighted by Crippen LogP contribution is 2.40. The Hall–Kier alpha value is -0.750. The maximum atomic E-state index is 5.63. The van der Waals surface area contributed by atoms with E-state index in [-0.39, 0.29) is 0 Å². The van der Waals surface area contributed by atoms with E-state index in [0.717, 1.165) is 9.61 Å². The zero-order valence-corrected chi connectivity index (χ0v) is 12.0. The number of thiophene rings is 1. The molecule has 0 aliphatic heterocycles. The zero-order chi connectivity index (χ0) is 11.8. The van der Waals surface area contributed by atoms with E-state index in [0.29, 0.717) is 6.54 Å². The Morgan fingerprint density at radius 3 is 2.88 bits per heavy atom. The van der Waals surface area contributed by atoms with Crippen LogP contribution in [0.1, 0.15) is 5.01 Å². The first-order valence-corrected chi connectivity index (χ1v) is 7.60. The molecule has 0 atom stereocenters. The molecule has 0 saturated heterocycles. The Labute approximate surface area is 115 Å². The summed E-state index contributed by atoms with van der Waals surface area (Å²) < 4.78 is 2.20. The van der Waals surface area contributed by atoms with Crippen LogP contribution in [0.3, 0.4) is 0 Å². The second-order valence-electron chi connectivity index (χ2n) is 3.58. The topological polar surface area (TPSA) is 38.9 Å². The standard InChI is InChI=1S/C12H9BrN2S2/c13-12-11(17-10(5-14)15-12)8-6-16-9-4-2-1-3-7(8)9/h1-4,6H,5,14H2. The monoisotopic (exact) mass is 324 g/mol. The van der Waals surface area contributed by atoms with Crippen molar-refractivity contribution in [1.82, 2.24) is 4.98 Å². The number of hydrogen-bond acceptors (Lipinski definition) is 4. The highest BCUT2D eigenvalue weighted by molar-refractivity contribution is 9.10. The van der Waals surface area contributed by atoms with Gasteiger partial charge in [0.1, 0.15) is 9.61 Å². The van der Waals surface area contributed by atoms with E-state index in [1.807, 2.05) is 0 Å². The van der Waals surface area contributed by atoms with Gasteiger partial charge in [-0.1, -0.05) is 18.2 Å². The molecule has 2 aromatic heterocycles. The molecule has 5 heteroatoms. The van der Waals surface area contributed by atoms with Crippen molar-refractivity contribution >= 4 is 48.7 Å². The zero-order valence-electron chi connectivity index (χ0n) is 8.81. The summed E-state index contributed by atoms with van der Waals surface area (Å²) in [6.45, 7) is 0.491. The van der Waals surface area contributed by atoms with Crippen LogP contribution in [-0.2, 0) is 6.54 Å². The van der Waals surface area contributed by atoms with E-state index >= 15 is 0 Å². The number of fused-ring (bicyclic) bond motifs is 1. The van der Waals surface area contributed by atoms with Gasteiger partial charge in [-0.25, -0.2) is 4.98 Å². The van der Waals surface area contributed by atoms with Gasteiger partial charge in [0.2, 0.25) is 0 Å². The van der Waals surface area contributed by atoms with Crippen molar-refractivity contribution in [2.45, 2.75) is 6.54 Å². The van der Waals surface area contributed by atoms with Gasteiger partial charge in [0.15, 0.2) is 0 Å². The van der Waals surface area contributed by atoms with Crippen LogP contribution in [0.2, 0.25) is 0 Å². The molecule has 2 heterocycles. The molecule has 3 rings (SSSR count). The Morgan fingerprint density at radius 1 is 1.29 bits per heavy atom. The predicted molar refractivity (Wildman–Crippen MR) is 78.5 cm³/mol. The minimum Gasteiger partial charge on any atom is -0.325 e. The molecule has 0 radical (unpaired) electrons. The van der Waals surface area contributed by atoms with Crippen molar-refractivity contribution in [2.24, 2.45) is 5.73 Å². The molecule has 1 aromatic carbocycles. The van der Waals surface area contributed by atoms with Gasteiger partial charge in [-0.15, -0.1) is 22.7 Å². The van der Waals surface area contributed by atoms with E-state index in [4.69, 9.17) is 5.73 Å². The molecular formula is C12H9BrN2S2. The van der Waals surface area contributed by atoms with Crippen LogP contribution in [0.15, 0.2) is 34.2 Å². The molecule has 0 aliphatic carbocycles. The number of halogens is 1. The second-order valence-corrected chi connectivity index (χ2v) is 6.32. The lowest BCUT2D eigenvalue weighted by atomic mass is 10.1. The Kier molecular flexibility index (Phi) is 3.00. The van der Waals surface area contributed by atoms with Gasteiger partial charge < -0.3 is 5.73 Å². The van der Waals surface area contributed by atoms with Gasteiger partial charge in [-0.2, -0.15) is 0 Å². The summed E-state index contributed by atoms with van der Waals surface area (Å²) >= 11 is 6.93. The predicted octanol–water partition coefficient (Wildman–Crippen LogP) is 4.25. The summed E-state index contributed by atoms with van der Waals surface area (Å²) in [6.07, 6.45) is 0. The summed E-state index contributed by atoms with van der Waals surface area (Å²) in [5.41, 5.74) is 6.87. The normalized spacial score (nSPS) is 11.2. The van der Waals surface area contributed by atoms with Gasteiger partial charge >= 0.3 is 0 Å². The lowest BCUT2D eigenvalue weighted by molar-refractivity contribution is 1.03. The first-order valence-electron chi connectivity index (χ1n) is 5.11. The van der Waals surface area contributed by atoms with E-state index in [2.05, 4.69) is 50.6 Å². The minimum absolute atomic E-state index is 0.491. The van der Waals surface area contributed by atoms with E-state index in [1.165, 1.54) is 20.5 Å². The molecule has 0 bridgehead atoms. The SMILES string of the molecule is NCc1nc(Br)c(-c2csc3ccccc23)s1. The number of nitrogens with zero attached hydrogens (tertiary/aromatic N) is 1. The molecular weight excluding hydrogens is 316 g/mol. The third-order valence-corrected chi connectivity index (χ3v) is 5.44. The second kappa shape index (κ2) is 4.49. The molecule has 2 nitrogen and oxygen atoms in total. The number of thiazole rings is 1. The summed E-state index contributed by atoms with van der Waals surface area (Å²) in [5.74, 6) is 0. The summed E-state index contributed by atoms with van der Waals surface area (Å²) in [5, 5.41) is 4.43. The van der Waals surface area contributed by atoms with Gasteiger partial charge in [-0.05, 0) is 22.0 Å². The van der Waals surface area contributed by atoms with Crippen molar-refractivity contribution in [3.63, 3.8) is 0 Å². The quantitative estimate of drug-likeness (QED) is 0.765. The van der Waals surface area contributed by atoms with Gasteiger partial charge in [0, 0.05) is 27.6 Å². The Bertz CT molecular complexity index is 672. The highest BCUT2D eigenvalue weighted by atomic mass is 79.9. The minimum atomic E-state index is 0.491. The van der Waals surface area contributed by atoms with Crippen molar-refractivity contribution in [2.75, 3.05) is 0 Å².